The van der Waals surface area contributed by atoms with Crippen molar-refractivity contribution < 1.29 is 8.98 Å². The van der Waals surface area contributed by atoms with Gasteiger partial charge in [-0.3, -0.25) is 0 Å². The van der Waals surface area contributed by atoms with Crippen molar-refractivity contribution in [1.82, 2.24) is 9.97 Å². The van der Waals surface area contributed by atoms with E-state index in [0.29, 0.717) is 0 Å². The summed E-state index contributed by atoms with van der Waals surface area (Å²) in [7, 11) is 2.13. The molecule has 0 unspecified atom stereocenters. The molecule has 0 saturated carbocycles. The Morgan fingerprint density at radius 2 is 1.41 bits per heavy atom. The third-order valence-electron chi connectivity index (χ3n) is 7.71. The normalized spacial score (nSPS) is 12.6. The summed E-state index contributed by atoms with van der Waals surface area (Å²) in [5, 5.41) is 3.40. The highest BCUT2D eigenvalue weighted by Crippen LogP contribution is 2.39. The van der Waals surface area contributed by atoms with E-state index >= 15 is 0 Å². The van der Waals surface area contributed by atoms with Crippen molar-refractivity contribution in [3.8, 4) is 22.6 Å². The quantitative estimate of drug-likeness (QED) is 0.217. The number of para-hydroxylation sites is 1. The monoisotopic (exact) mass is 514 g/mol. The third-order valence-corrected chi connectivity index (χ3v) is 7.71. The Morgan fingerprint density at radius 3 is 2.10 bits per heavy atom. The fraction of sp³-hybridized carbons (Fsp3) is 0.286. The number of pyridine rings is 1. The number of benzene rings is 3. The van der Waals surface area contributed by atoms with E-state index < -0.39 is 0 Å². The molecular formula is C35H36N3O+. The van der Waals surface area contributed by atoms with Crippen molar-refractivity contribution in [2.45, 2.75) is 59.3 Å². The first-order valence-corrected chi connectivity index (χ1v) is 13.7. The minimum absolute atomic E-state index is 0.0774. The smallest absolute Gasteiger partial charge is 0.216 e. The average Bonchev–Trinajstić information content (AvgIpc) is 3.26. The zero-order valence-corrected chi connectivity index (χ0v) is 24.2. The van der Waals surface area contributed by atoms with Crippen molar-refractivity contribution in [2.75, 3.05) is 0 Å². The Hall–Kier alpha value is -4.05. The Morgan fingerprint density at radius 1 is 0.718 bits per heavy atom. The topological polar surface area (TPSA) is 42.8 Å². The molecule has 0 saturated heterocycles. The van der Waals surface area contributed by atoms with Gasteiger partial charge in [-0.15, -0.1) is 0 Å². The summed E-state index contributed by atoms with van der Waals surface area (Å²) >= 11 is 0. The molecule has 0 fully saturated rings. The van der Waals surface area contributed by atoms with Gasteiger partial charge in [-0.1, -0.05) is 65.8 Å². The van der Waals surface area contributed by atoms with Gasteiger partial charge in [0.25, 0.3) is 0 Å². The number of aromatic nitrogens is 3. The van der Waals surface area contributed by atoms with Crippen molar-refractivity contribution in [3.05, 3.63) is 89.7 Å². The van der Waals surface area contributed by atoms with Gasteiger partial charge in [0.15, 0.2) is 5.82 Å². The van der Waals surface area contributed by atoms with Crippen LogP contribution in [0.15, 0.2) is 77.2 Å². The van der Waals surface area contributed by atoms with E-state index in [1.165, 1.54) is 16.5 Å². The van der Waals surface area contributed by atoms with E-state index in [1.54, 1.807) is 0 Å². The second kappa shape index (κ2) is 8.74. The lowest BCUT2D eigenvalue weighted by atomic mass is 9.86. The second-order valence-electron chi connectivity index (χ2n) is 12.7. The summed E-state index contributed by atoms with van der Waals surface area (Å²) in [6.45, 7) is 15.4. The minimum Gasteiger partial charge on any atom is -0.455 e. The molecule has 3 aromatic heterocycles. The van der Waals surface area contributed by atoms with E-state index in [1.807, 2.05) is 0 Å². The van der Waals surface area contributed by atoms with Crippen molar-refractivity contribution in [2.24, 2.45) is 7.05 Å². The molecule has 3 heterocycles. The van der Waals surface area contributed by atoms with E-state index in [0.717, 1.165) is 56.0 Å². The van der Waals surface area contributed by atoms with Crippen LogP contribution < -0.4 is 4.57 Å². The first kappa shape index (κ1) is 25.2. The molecule has 0 aliphatic carbocycles. The molecule has 6 rings (SSSR count). The lowest BCUT2D eigenvalue weighted by molar-refractivity contribution is -0.633. The van der Waals surface area contributed by atoms with Gasteiger partial charge in [0.2, 0.25) is 11.2 Å². The molecule has 6 aromatic rings. The zero-order valence-electron chi connectivity index (χ0n) is 24.2. The van der Waals surface area contributed by atoms with Crippen LogP contribution in [0.5, 0.6) is 0 Å². The summed E-state index contributed by atoms with van der Waals surface area (Å²) in [6, 6.07) is 25.7. The van der Waals surface area contributed by atoms with Gasteiger partial charge in [0.05, 0.1) is 17.0 Å². The molecule has 0 aliphatic heterocycles. The molecule has 0 aliphatic rings. The molecule has 4 heteroatoms. The summed E-state index contributed by atoms with van der Waals surface area (Å²) in [4.78, 5) is 10.1. The SMILES string of the molecule is Cc1ccc2c(oc3ccc(-c4nc(C(C)(C)C)cc(C(C)(C)C)n4)cc32)c1-c1ccc2ccccc2[n+]1C. The number of fused-ring (bicyclic) bond motifs is 4. The van der Waals surface area contributed by atoms with Crippen LogP contribution in [0.1, 0.15) is 58.5 Å². The van der Waals surface area contributed by atoms with Crippen LogP contribution in [0.3, 0.4) is 0 Å². The van der Waals surface area contributed by atoms with Crippen LogP contribution in [0.25, 0.3) is 55.5 Å². The van der Waals surface area contributed by atoms with Crippen LogP contribution in [-0.4, -0.2) is 9.97 Å². The predicted octanol–water partition coefficient (Wildman–Crippen LogP) is 8.59. The Balaban J connectivity index is 1.58. The van der Waals surface area contributed by atoms with Crippen LogP contribution >= 0.6 is 0 Å². The number of hydrogen-bond donors (Lipinski definition) is 0. The maximum Gasteiger partial charge on any atom is 0.216 e. The average molecular weight is 515 g/mol. The minimum atomic E-state index is -0.0774. The van der Waals surface area contributed by atoms with E-state index in [9.17, 15) is 0 Å². The molecule has 0 radical (unpaired) electrons. The van der Waals surface area contributed by atoms with E-state index in [2.05, 4.69) is 133 Å². The summed E-state index contributed by atoms with van der Waals surface area (Å²) in [6.07, 6.45) is 0. The first-order valence-electron chi connectivity index (χ1n) is 13.7. The van der Waals surface area contributed by atoms with Gasteiger partial charge in [0, 0.05) is 44.7 Å². The number of furan rings is 1. The van der Waals surface area contributed by atoms with Gasteiger partial charge >= 0.3 is 0 Å². The lowest BCUT2D eigenvalue weighted by Gasteiger charge is -2.24. The first-order chi connectivity index (χ1) is 18.4. The molecular weight excluding hydrogens is 478 g/mol. The molecule has 0 spiro atoms. The molecule has 39 heavy (non-hydrogen) atoms. The van der Waals surface area contributed by atoms with Gasteiger partial charge < -0.3 is 4.42 Å². The van der Waals surface area contributed by atoms with E-state index in [4.69, 9.17) is 14.4 Å². The molecule has 0 N–H and O–H groups in total. The Kier molecular flexibility index (Phi) is 5.65. The zero-order chi connectivity index (χ0) is 27.7. The molecule has 0 bridgehead atoms. The van der Waals surface area contributed by atoms with Crippen molar-refractivity contribution in [3.63, 3.8) is 0 Å². The predicted molar refractivity (Wildman–Crippen MR) is 161 cm³/mol. The Labute approximate surface area is 230 Å². The van der Waals surface area contributed by atoms with Gasteiger partial charge in [0.1, 0.15) is 18.2 Å². The van der Waals surface area contributed by atoms with Gasteiger partial charge in [-0.05, 0) is 48.9 Å². The maximum atomic E-state index is 6.58. The van der Waals surface area contributed by atoms with Gasteiger partial charge in [-0.2, -0.15) is 4.57 Å². The molecule has 196 valence electrons. The number of nitrogens with zero attached hydrogens (tertiary/aromatic N) is 3. The van der Waals surface area contributed by atoms with Crippen LogP contribution in [0.2, 0.25) is 0 Å². The van der Waals surface area contributed by atoms with Crippen LogP contribution in [-0.2, 0) is 17.9 Å². The molecule has 4 nitrogen and oxygen atoms in total. The van der Waals surface area contributed by atoms with Crippen LogP contribution in [0, 0.1) is 6.92 Å². The van der Waals surface area contributed by atoms with Gasteiger partial charge in [-0.25, -0.2) is 9.97 Å². The van der Waals surface area contributed by atoms with E-state index in [-0.39, 0.29) is 10.8 Å². The number of aryl methyl sites for hydroxylation is 2. The molecule has 3 aromatic carbocycles. The fourth-order valence-electron chi connectivity index (χ4n) is 5.34. The molecule has 0 amide bonds. The van der Waals surface area contributed by atoms with Crippen LogP contribution in [0.4, 0.5) is 0 Å². The molecule has 0 atom stereocenters. The maximum absolute atomic E-state index is 6.58. The number of hydrogen-bond acceptors (Lipinski definition) is 3. The fourth-order valence-corrected chi connectivity index (χ4v) is 5.34. The highest BCUT2D eigenvalue weighted by Gasteiger charge is 2.25. The van der Waals surface area contributed by atoms with Crippen molar-refractivity contribution in [1.29, 1.82) is 0 Å². The lowest BCUT2D eigenvalue weighted by Crippen LogP contribution is -2.32. The van der Waals surface area contributed by atoms with Crippen molar-refractivity contribution >= 4 is 32.8 Å². The summed E-state index contributed by atoms with van der Waals surface area (Å²) < 4.78 is 8.84. The largest absolute Gasteiger partial charge is 0.455 e. The standard InChI is InChI=1S/C35H36N3O/c1-21-13-16-24-25-19-23(33-36-29(34(2,3)4)20-30(37-33)35(5,6)7)15-18-28(25)39-32(24)31(21)27-17-14-22-11-9-10-12-26(22)38(27)8/h9-20H,1-8H3/q+1. The number of rotatable bonds is 2. The highest BCUT2D eigenvalue weighted by atomic mass is 16.3. The summed E-state index contributed by atoms with van der Waals surface area (Å²) in [5.74, 6) is 0.761. The summed E-state index contributed by atoms with van der Waals surface area (Å²) in [5.41, 5.74) is 9.36. The second-order valence-corrected chi connectivity index (χ2v) is 12.7. The Bertz CT molecular complexity index is 1870. The highest BCUT2D eigenvalue weighted by molar-refractivity contribution is 6.10. The third kappa shape index (κ3) is 4.28.